The summed E-state index contributed by atoms with van der Waals surface area (Å²) < 4.78 is 18.1. The Kier molecular flexibility index (Phi) is 2.82. The third-order valence-electron chi connectivity index (χ3n) is 2.14. The zero-order valence-corrected chi connectivity index (χ0v) is 8.18. The first-order chi connectivity index (χ1) is 7.70. The summed E-state index contributed by atoms with van der Waals surface area (Å²) in [6, 6.07) is 4.93. The first-order valence-corrected chi connectivity index (χ1v) is 4.61. The number of amides is 1. The number of carbonyl (C=O) groups excluding carboxylic acids is 1. The first-order valence-electron chi connectivity index (χ1n) is 4.61. The van der Waals surface area contributed by atoms with Gasteiger partial charge in [0.05, 0.1) is 0 Å². The molecule has 0 saturated carbocycles. The number of halogens is 1. The fourth-order valence-corrected chi connectivity index (χ4v) is 1.36. The van der Waals surface area contributed by atoms with Crippen molar-refractivity contribution in [1.29, 1.82) is 0 Å². The second-order valence-electron chi connectivity index (χ2n) is 3.25. The Morgan fingerprint density at radius 2 is 2.44 bits per heavy atom. The van der Waals surface area contributed by atoms with Crippen molar-refractivity contribution < 1.29 is 19.1 Å². The lowest BCUT2D eigenvalue weighted by Gasteiger charge is -2.00. The molecule has 1 heterocycles. The quantitative estimate of drug-likeness (QED) is 0.567. The summed E-state index contributed by atoms with van der Waals surface area (Å²) in [5.41, 5.74) is 1.96. The summed E-state index contributed by atoms with van der Waals surface area (Å²) in [7, 11) is 0. The number of nitrogens with zero attached hydrogens (tertiary/aromatic N) is 1. The maximum atomic E-state index is 12.9. The van der Waals surface area contributed by atoms with Crippen LogP contribution in [0.3, 0.4) is 0 Å². The number of hydrogen-bond donors (Lipinski definition) is 2. The maximum absolute atomic E-state index is 12.9. The van der Waals surface area contributed by atoms with Gasteiger partial charge in [-0.15, -0.1) is 0 Å². The molecule has 1 aromatic rings. The van der Waals surface area contributed by atoms with Gasteiger partial charge in [0.1, 0.15) is 12.4 Å². The zero-order valence-electron chi connectivity index (χ0n) is 8.18. The molecular formula is C10H9FN2O3. The molecule has 1 aliphatic heterocycles. The highest BCUT2D eigenvalue weighted by molar-refractivity contribution is 5.98. The number of benzene rings is 1. The van der Waals surface area contributed by atoms with Crippen molar-refractivity contribution in [3.05, 3.63) is 35.6 Å². The van der Waals surface area contributed by atoms with Gasteiger partial charge in [0, 0.05) is 5.56 Å². The number of ether oxygens (including phenoxy) is 1. The van der Waals surface area contributed by atoms with E-state index < -0.39 is 17.8 Å². The monoisotopic (exact) mass is 224 g/mol. The molecule has 0 bridgehead atoms. The number of nitrogens with one attached hydrogen (secondary N) is 1. The van der Waals surface area contributed by atoms with E-state index in [9.17, 15) is 9.18 Å². The summed E-state index contributed by atoms with van der Waals surface area (Å²) in [6.45, 7) is 0.0399. The molecule has 1 atom stereocenters. The van der Waals surface area contributed by atoms with Crippen LogP contribution in [-0.4, -0.2) is 29.7 Å². The van der Waals surface area contributed by atoms with Crippen molar-refractivity contribution in [1.82, 2.24) is 5.48 Å². The van der Waals surface area contributed by atoms with Gasteiger partial charge < -0.3 is 4.74 Å². The molecule has 6 heteroatoms. The van der Waals surface area contributed by atoms with Crippen molar-refractivity contribution in [2.24, 2.45) is 4.99 Å². The summed E-state index contributed by atoms with van der Waals surface area (Å²) in [4.78, 5) is 15.0. The first kappa shape index (κ1) is 10.6. The van der Waals surface area contributed by atoms with Gasteiger partial charge in [-0.2, -0.15) is 0 Å². The molecule has 1 amide bonds. The number of hydrogen-bond acceptors (Lipinski definition) is 4. The van der Waals surface area contributed by atoms with E-state index in [1.807, 2.05) is 0 Å². The van der Waals surface area contributed by atoms with Crippen molar-refractivity contribution in [2.45, 2.75) is 6.04 Å². The Morgan fingerprint density at radius 1 is 1.62 bits per heavy atom. The second-order valence-corrected chi connectivity index (χ2v) is 3.25. The zero-order chi connectivity index (χ0) is 11.5. The van der Waals surface area contributed by atoms with Crippen LogP contribution in [0.1, 0.15) is 5.56 Å². The fourth-order valence-electron chi connectivity index (χ4n) is 1.36. The van der Waals surface area contributed by atoms with Crippen LogP contribution in [0, 0.1) is 5.82 Å². The smallest absolute Gasteiger partial charge is 0.271 e. The standard InChI is InChI=1S/C10H9FN2O3/c11-7-3-1-2-6(4-7)10-12-8(5-16-10)9(14)13-15/h1-4,8,15H,5H2,(H,13,14)/t8-/m1/s1. The highest BCUT2D eigenvalue weighted by atomic mass is 19.1. The minimum atomic E-state index is -0.789. The minimum Gasteiger partial charge on any atom is -0.475 e. The van der Waals surface area contributed by atoms with Gasteiger partial charge in [0.15, 0.2) is 6.04 Å². The predicted octanol–water partition coefficient (Wildman–Crippen LogP) is 0.476. The van der Waals surface area contributed by atoms with Crippen LogP contribution in [0.5, 0.6) is 0 Å². The molecule has 84 valence electrons. The molecule has 0 radical (unpaired) electrons. The van der Waals surface area contributed by atoms with E-state index in [0.717, 1.165) is 0 Å². The highest BCUT2D eigenvalue weighted by Gasteiger charge is 2.26. The molecule has 1 aliphatic rings. The second kappa shape index (κ2) is 4.28. The number of carbonyl (C=O) groups is 1. The molecule has 0 unspecified atom stereocenters. The van der Waals surface area contributed by atoms with E-state index in [1.165, 1.54) is 23.7 Å². The lowest BCUT2D eigenvalue weighted by molar-refractivity contribution is -0.130. The van der Waals surface area contributed by atoms with Crippen LogP contribution in [0.25, 0.3) is 0 Å². The molecule has 5 nitrogen and oxygen atoms in total. The van der Waals surface area contributed by atoms with Crippen molar-refractivity contribution in [2.75, 3.05) is 6.61 Å². The predicted molar refractivity (Wildman–Crippen MR) is 52.6 cm³/mol. The number of rotatable bonds is 2. The van der Waals surface area contributed by atoms with Crippen LogP contribution in [0.4, 0.5) is 4.39 Å². The average Bonchev–Trinajstić information content (AvgIpc) is 2.77. The molecule has 2 N–H and O–H groups in total. The topological polar surface area (TPSA) is 70.9 Å². The number of aliphatic imine (C=N–C) groups is 1. The normalized spacial score (nSPS) is 18.9. The molecule has 0 aliphatic carbocycles. The highest BCUT2D eigenvalue weighted by Crippen LogP contribution is 2.13. The third kappa shape index (κ3) is 2.01. The lowest BCUT2D eigenvalue weighted by Crippen LogP contribution is -2.31. The van der Waals surface area contributed by atoms with E-state index >= 15 is 0 Å². The van der Waals surface area contributed by atoms with Gasteiger partial charge in [0.25, 0.3) is 5.91 Å². The van der Waals surface area contributed by atoms with E-state index in [4.69, 9.17) is 9.94 Å². The van der Waals surface area contributed by atoms with Crippen LogP contribution in [0.2, 0.25) is 0 Å². The van der Waals surface area contributed by atoms with E-state index in [0.29, 0.717) is 5.56 Å². The van der Waals surface area contributed by atoms with Gasteiger partial charge in [-0.1, -0.05) is 6.07 Å². The van der Waals surface area contributed by atoms with Gasteiger partial charge in [-0.05, 0) is 18.2 Å². The molecule has 0 saturated heterocycles. The van der Waals surface area contributed by atoms with Crippen molar-refractivity contribution >= 4 is 11.8 Å². The molecule has 1 aromatic carbocycles. The molecule has 0 spiro atoms. The van der Waals surface area contributed by atoms with E-state index in [1.54, 1.807) is 6.07 Å². The SMILES string of the molecule is O=C(NO)[C@H]1COC(c2cccc(F)c2)=N1. The molecule has 2 rings (SSSR count). The molecular weight excluding hydrogens is 215 g/mol. The number of hydroxylamine groups is 1. The molecule has 0 fully saturated rings. The summed E-state index contributed by atoms with van der Waals surface area (Å²) in [5.74, 6) is -0.849. The Balaban J connectivity index is 2.21. The van der Waals surface area contributed by atoms with Gasteiger partial charge >= 0.3 is 0 Å². The summed E-state index contributed by atoms with van der Waals surface area (Å²) >= 11 is 0. The molecule has 16 heavy (non-hydrogen) atoms. The third-order valence-corrected chi connectivity index (χ3v) is 2.14. The summed E-state index contributed by atoms with van der Waals surface area (Å²) in [6.07, 6.45) is 0. The van der Waals surface area contributed by atoms with Crippen molar-refractivity contribution in [3.63, 3.8) is 0 Å². The van der Waals surface area contributed by atoms with E-state index in [2.05, 4.69) is 4.99 Å². The van der Waals surface area contributed by atoms with Gasteiger partial charge in [-0.3, -0.25) is 10.0 Å². The molecule has 0 aromatic heterocycles. The van der Waals surface area contributed by atoms with Crippen LogP contribution >= 0.6 is 0 Å². The average molecular weight is 224 g/mol. The van der Waals surface area contributed by atoms with E-state index in [-0.39, 0.29) is 12.5 Å². The lowest BCUT2D eigenvalue weighted by atomic mass is 10.2. The van der Waals surface area contributed by atoms with Crippen LogP contribution in [0.15, 0.2) is 29.3 Å². The van der Waals surface area contributed by atoms with Crippen molar-refractivity contribution in [3.8, 4) is 0 Å². The fraction of sp³-hybridized carbons (Fsp3) is 0.200. The summed E-state index contributed by atoms with van der Waals surface area (Å²) in [5, 5.41) is 8.41. The largest absolute Gasteiger partial charge is 0.475 e. The Hall–Kier alpha value is -1.95. The van der Waals surface area contributed by atoms with Gasteiger partial charge in [0.2, 0.25) is 5.90 Å². The maximum Gasteiger partial charge on any atom is 0.271 e. The minimum absolute atomic E-state index is 0.0399. The van der Waals surface area contributed by atoms with Crippen LogP contribution in [-0.2, 0) is 9.53 Å². The Labute approximate surface area is 90.5 Å². The Morgan fingerprint density at radius 3 is 3.12 bits per heavy atom. The van der Waals surface area contributed by atoms with Crippen LogP contribution < -0.4 is 5.48 Å². The van der Waals surface area contributed by atoms with Gasteiger partial charge in [-0.25, -0.2) is 14.9 Å². The Bertz CT molecular complexity index is 447.